The molecule has 1 atom stereocenters. The first kappa shape index (κ1) is 26.9. The number of fused-ring (bicyclic) bond motifs is 1. The Hall–Kier alpha value is -3.13. The van der Waals surface area contributed by atoms with Crippen molar-refractivity contribution in [3.8, 4) is 5.69 Å². The number of rotatable bonds is 6. The van der Waals surface area contributed by atoms with Crippen molar-refractivity contribution in [1.29, 1.82) is 0 Å². The first-order chi connectivity index (χ1) is 17.5. The molecule has 0 radical (unpaired) electrons. The summed E-state index contributed by atoms with van der Waals surface area (Å²) in [5, 5.41) is 7.81. The van der Waals surface area contributed by atoms with Gasteiger partial charge in [-0.05, 0) is 48.2 Å². The number of hydrogen-bond acceptors (Lipinski definition) is 4. The molecule has 1 N–H and O–H groups in total. The van der Waals surface area contributed by atoms with Crippen LogP contribution in [0.15, 0.2) is 48.5 Å². The van der Waals surface area contributed by atoms with Crippen LogP contribution in [0, 0.1) is 18.7 Å². The molecule has 0 saturated heterocycles. The van der Waals surface area contributed by atoms with E-state index in [1.165, 1.54) is 12.1 Å². The van der Waals surface area contributed by atoms with Gasteiger partial charge in [0.05, 0.1) is 22.4 Å². The van der Waals surface area contributed by atoms with Gasteiger partial charge in [0.15, 0.2) is 0 Å². The molecule has 0 aliphatic carbocycles. The number of carbonyl (C=O) groups excluding carboxylic acids is 2. The summed E-state index contributed by atoms with van der Waals surface area (Å²) in [5.41, 5.74) is 4.26. The van der Waals surface area contributed by atoms with Gasteiger partial charge in [0.25, 0.3) is 0 Å². The van der Waals surface area contributed by atoms with E-state index in [1.807, 2.05) is 26.0 Å². The number of benzene rings is 2. The Kier molecular flexibility index (Phi) is 7.78. The van der Waals surface area contributed by atoms with Crippen LogP contribution < -0.4 is 10.2 Å². The molecule has 3 aromatic rings. The average molecular weight is 523 g/mol. The summed E-state index contributed by atoms with van der Waals surface area (Å²) in [5.74, 6) is 0.338. The highest BCUT2D eigenvalue weighted by molar-refractivity contribution is 8.00. The van der Waals surface area contributed by atoms with Gasteiger partial charge in [0.1, 0.15) is 18.2 Å². The van der Waals surface area contributed by atoms with Crippen LogP contribution in [0.3, 0.4) is 0 Å². The Bertz CT molecular complexity index is 1290. The van der Waals surface area contributed by atoms with Crippen molar-refractivity contribution in [2.45, 2.75) is 52.2 Å². The fourth-order valence-electron chi connectivity index (χ4n) is 4.48. The summed E-state index contributed by atoms with van der Waals surface area (Å²) in [7, 11) is 0. The zero-order valence-corrected chi connectivity index (χ0v) is 23.2. The first-order valence-corrected chi connectivity index (χ1v) is 13.7. The van der Waals surface area contributed by atoms with Gasteiger partial charge in [-0.2, -0.15) is 5.10 Å². The molecule has 0 bridgehead atoms. The number of carbonyl (C=O) groups is 2. The van der Waals surface area contributed by atoms with Crippen LogP contribution in [-0.4, -0.2) is 40.4 Å². The summed E-state index contributed by atoms with van der Waals surface area (Å²) < 4.78 is 15.5. The quantitative estimate of drug-likeness (QED) is 0.460. The molecule has 4 rings (SSSR count). The second kappa shape index (κ2) is 10.7. The lowest BCUT2D eigenvalue weighted by Gasteiger charge is -2.25. The summed E-state index contributed by atoms with van der Waals surface area (Å²) in [6.45, 7) is 12.8. The van der Waals surface area contributed by atoms with Crippen molar-refractivity contribution < 1.29 is 14.0 Å². The van der Waals surface area contributed by atoms with Crippen LogP contribution in [0.2, 0.25) is 0 Å². The Labute approximate surface area is 222 Å². The zero-order valence-electron chi connectivity index (χ0n) is 22.3. The van der Waals surface area contributed by atoms with Gasteiger partial charge in [-0.15, -0.1) is 11.8 Å². The lowest BCUT2D eigenvalue weighted by atomic mass is 9.86. The minimum atomic E-state index is -0.354. The number of halogens is 1. The topological polar surface area (TPSA) is 67.2 Å². The number of nitrogens with zero attached hydrogens (tertiary/aromatic N) is 3. The molecule has 2 aromatic carbocycles. The Morgan fingerprint density at radius 2 is 1.84 bits per heavy atom. The normalized spacial score (nSPS) is 16.1. The van der Waals surface area contributed by atoms with E-state index in [-0.39, 0.29) is 46.5 Å². The van der Waals surface area contributed by atoms with Crippen molar-refractivity contribution in [2.24, 2.45) is 5.92 Å². The number of aromatic nitrogens is 2. The molecule has 37 heavy (non-hydrogen) atoms. The first-order valence-electron chi connectivity index (χ1n) is 12.6. The van der Waals surface area contributed by atoms with Crippen molar-refractivity contribution in [3.05, 3.63) is 76.7 Å². The maximum atomic E-state index is 13.8. The van der Waals surface area contributed by atoms with Crippen molar-refractivity contribution in [2.75, 3.05) is 23.7 Å². The van der Waals surface area contributed by atoms with Gasteiger partial charge in [-0.3, -0.25) is 14.5 Å². The van der Waals surface area contributed by atoms with Crippen LogP contribution in [0.4, 0.5) is 10.2 Å². The van der Waals surface area contributed by atoms with Gasteiger partial charge < -0.3 is 5.32 Å². The second-order valence-corrected chi connectivity index (χ2v) is 12.0. The predicted octanol–water partition coefficient (Wildman–Crippen LogP) is 5.56. The van der Waals surface area contributed by atoms with E-state index in [0.717, 1.165) is 22.4 Å². The molecule has 1 aromatic heterocycles. The van der Waals surface area contributed by atoms with E-state index in [4.69, 9.17) is 5.10 Å². The number of thioether (sulfide) groups is 1. The van der Waals surface area contributed by atoms with Crippen LogP contribution in [-0.2, 0) is 15.0 Å². The molecule has 1 aliphatic heterocycles. The maximum Gasteiger partial charge on any atom is 0.240 e. The molecular weight excluding hydrogens is 487 g/mol. The molecule has 1 unspecified atom stereocenters. The van der Waals surface area contributed by atoms with E-state index in [2.05, 4.69) is 45.1 Å². The van der Waals surface area contributed by atoms with Crippen molar-refractivity contribution >= 4 is 29.4 Å². The standard InChI is InChI=1S/C29H35FN4O2S/c1-18(2)15-31-23(35)16-33-24(36)17-37-26(22-10-8-7-9-19(22)3)25-27(29(4,5)6)32-34(28(25)33)21-13-11-20(30)12-14-21/h7-14,18,26H,15-17H2,1-6H3,(H,31,35). The van der Waals surface area contributed by atoms with E-state index < -0.39 is 0 Å². The van der Waals surface area contributed by atoms with E-state index in [1.54, 1.807) is 33.5 Å². The number of anilines is 1. The zero-order chi connectivity index (χ0) is 26.9. The molecule has 0 saturated carbocycles. The summed E-state index contributed by atoms with van der Waals surface area (Å²) in [6, 6.07) is 14.2. The lowest BCUT2D eigenvalue weighted by Crippen LogP contribution is -2.43. The Morgan fingerprint density at radius 1 is 1.16 bits per heavy atom. The van der Waals surface area contributed by atoms with Crippen molar-refractivity contribution in [3.63, 3.8) is 0 Å². The summed E-state index contributed by atoms with van der Waals surface area (Å²) in [6.07, 6.45) is 0. The smallest absolute Gasteiger partial charge is 0.240 e. The fourth-order valence-corrected chi connectivity index (χ4v) is 5.77. The third kappa shape index (κ3) is 5.74. The van der Waals surface area contributed by atoms with Gasteiger partial charge >= 0.3 is 0 Å². The third-order valence-corrected chi connectivity index (χ3v) is 7.59. The second-order valence-electron chi connectivity index (χ2n) is 10.9. The molecule has 0 fully saturated rings. The highest BCUT2D eigenvalue weighted by Gasteiger charge is 2.40. The van der Waals surface area contributed by atoms with Crippen LogP contribution in [0.1, 0.15) is 62.3 Å². The molecule has 196 valence electrons. The Morgan fingerprint density at radius 3 is 2.46 bits per heavy atom. The van der Waals surface area contributed by atoms with Gasteiger partial charge in [0, 0.05) is 17.5 Å². The van der Waals surface area contributed by atoms with Gasteiger partial charge in [-0.1, -0.05) is 58.9 Å². The van der Waals surface area contributed by atoms with Gasteiger partial charge in [0.2, 0.25) is 11.8 Å². The molecule has 0 spiro atoms. The molecular formula is C29H35FN4O2S. The highest BCUT2D eigenvalue weighted by Crippen LogP contribution is 2.49. The SMILES string of the molecule is Cc1ccccc1C1SCC(=O)N(CC(=O)NCC(C)C)c2c1c(C(C)(C)C)nn2-c1ccc(F)cc1. The number of hydrogen-bond donors (Lipinski definition) is 1. The molecule has 1 aliphatic rings. The average Bonchev–Trinajstić information content (AvgIpc) is 3.17. The van der Waals surface area contributed by atoms with Crippen molar-refractivity contribution in [1.82, 2.24) is 15.1 Å². The number of aryl methyl sites for hydroxylation is 1. The monoisotopic (exact) mass is 522 g/mol. The number of nitrogens with one attached hydrogen (secondary N) is 1. The molecule has 8 heteroatoms. The maximum absolute atomic E-state index is 13.8. The Balaban J connectivity index is 1.98. The van der Waals surface area contributed by atoms with E-state index in [0.29, 0.717) is 18.1 Å². The largest absolute Gasteiger partial charge is 0.354 e. The van der Waals surface area contributed by atoms with E-state index >= 15 is 0 Å². The minimum Gasteiger partial charge on any atom is -0.354 e. The van der Waals surface area contributed by atoms with Crippen LogP contribution >= 0.6 is 11.8 Å². The third-order valence-electron chi connectivity index (χ3n) is 6.35. The highest BCUT2D eigenvalue weighted by atomic mass is 32.2. The molecule has 6 nitrogen and oxygen atoms in total. The summed E-state index contributed by atoms with van der Waals surface area (Å²) >= 11 is 1.56. The minimum absolute atomic E-state index is 0.115. The lowest BCUT2D eigenvalue weighted by molar-refractivity contribution is -0.123. The predicted molar refractivity (Wildman–Crippen MR) is 148 cm³/mol. The molecule has 2 heterocycles. The van der Waals surface area contributed by atoms with Crippen LogP contribution in [0.25, 0.3) is 5.69 Å². The fraction of sp³-hybridized carbons (Fsp3) is 0.414. The summed E-state index contributed by atoms with van der Waals surface area (Å²) in [4.78, 5) is 28.2. The van der Waals surface area contributed by atoms with Gasteiger partial charge in [-0.25, -0.2) is 9.07 Å². The molecule has 2 amide bonds. The van der Waals surface area contributed by atoms with Crippen LogP contribution in [0.5, 0.6) is 0 Å². The van der Waals surface area contributed by atoms with E-state index in [9.17, 15) is 14.0 Å². The number of amides is 2.